The summed E-state index contributed by atoms with van der Waals surface area (Å²) in [7, 11) is 12.6. The molecule has 8 bridgehead atoms. The molecular weight excluding hydrogens is 1910 g/mol. The van der Waals surface area contributed by atoms with Crippen molar-refractivity contribution in [3.8, 4) is 79.0 Å². The van der Waals surface area contributed by atoms with Crippen LogP contribution < -0.4 is 28.4 Å². The third kappa shape index (κ3) is 42.0. The number of nitrogens with zero attached hydrogens (tertiary/aromatic N) is 2. The molecule has 5 heterocycles. The van der Waals surface area contributed by atoms with Gasteiger partial charge in [-0.15, -0.1) is 0 Å². The largest absolute Gasteiger partial charge is 0.493 e. The molecule has 0 radical (unpaired) electrons. The SMILES string of the molecule is COC(=O)CCCCCCCCCCOc1cc(C(=O)OC)cc(OCCCCCCCCCCC(=O)OC)c1-c1c2nc(c(-c3c(OCCCCCCCCCCC(=O)OC)cc(C(=O)OC)cc3OCCCCCCCCCCC(=O)OC)c3ccc([nH]3)c(-c3c(OCCCCCCCCCCC(=O)OC)cc(C(=O)OC)cc3OCCCCCCCCCCC(=O)OC)c3nc(c(-c4ccccc4)c4ccc1[nH]4)C=C3)C=C2. The van der Waals surface area contributed by atoms with Gasteiger partial charge in [-0.1, -0.05) is 261 Å². The molecule has 150 heavy (non-hydrogen) atoms. The number of unbranched alkanes of at least 4 members (excludes halogenated alkanes) is 42. The van der Waals surface area contributed by atoms with E-state index in [0.717, 1.165) is 281 Å². The smallest absolute Gasteiger partial charge is 0.338 e. The summed E-state index contributed by atoms with van der Waals surface area (Å²) in [6.07, 6.45) is 53.4. The minimum atomic E-state index is -0.614. The van der Waals surface area contributed by atoms with E-state index in [1.165, 1.54) is 64.0 Å². The Hall–Kier alpha value is -12.5. The summed E-state index contributed by atoms with van der Waals surface area (Å²) in [5, 5.41) is 0. The van der Waals surface area contributed by atoms with Crippen LogP contribution in [0.2, 0.25) is 0 Å². The number of ether oxygens (including phenoxy) is 15. The van der Waals surface area contributed by atoms with Crippen LogP contribution in [0, 0.1) is 0 Å². The Kier molecular flexibility index (Phi) is 57.5. The number of hydrogen-bond donors (Lipinski definition) is 2. The maximum Gasteiger partial charge on any atom is 0.338 e. The molecule has 3 aromatic heterocycles. The Bertz CT molecular complexity index is 5240. The first-order valence-electron chi connectivity index (χ1n) is 55.6. The van der Waals surface area contributed by atoms with Crippen LogP contribution in [0.3, 0.4) is 0 Å². The lowest BCUT2D eigenvalue weighted by atomic mass is 9.98. The lowest BCUT2D eigenvalue weighted by molar-refractivity contribution is -0.141. The van der Waals surface area contributed by atoms with Gasteiger partial charge in [-0.2, -0.15) is 0 Å². The second-order valence-electron chi connectivity index (χ2n) is 38.9. The highest BCUT2D eigenvalue weighted by atomic mass is 16.6. The number of hydrogen-bond acceptors (Lipinski definition) is 26. The van der Waals surface area contributed by atoms with Gasteiger partial charge in [0.25, 0.3) is 0 Å². The molecule has 0 atom stereocenters. The van der Waals surface area contributed by atoms with Gasteiger partial charge in [0.05, 0.1) is 160 Å². The standard InChI is InChI=1S/C122H168N4O24/c1-136-107(127)63-49-34-22-10-16-28-40-55-77-145-101-83-90(120(133)142-7)84-102(146-78-56-41-29-17-11-23-35-50-64-108(128)137-2)117(101)114-95-71-69-93(123-95)113(89-61-47-46-48-62-89)94-70-72-96(124-94)115(118-103(147-79-57-42-30-18-12-24-36-51-65-109(129)138-3)85-91(121(134)143-8)86-104(118)148-80-58-43-31-19-13-25-37-52-66-110(130)139-4)98-74-76-100(126-98)116(99-75-73-97(114)125-99)119-105(149-81-59-44-32-20-14-26-38-53-67-111(131)140-5)87-92(122(135)144-9)88-106(119)150-82-60-45-33-21-15-27-39-54-68-112(132)141-6/h46-48,61-62,69-76,83-88,123,126H,10-45,49-60,63-68,77-82H2,1-9H3. The zero-order valence-electron chi connectivity index (χ0n) is 91.1. The van der Waals surface area contributed by atoms with Crippen LogP contribution >= 0.6 is 0 Å². The molecule has 7 aromatic rings. The Balaban J connectivity index is 1.33. The molecule has 4 aromatic carbocycles. The van der Waals surface area contributed by atoms with E-state index in [9.17, 15) is 43.2 Å². The molecule has 0 saturated carbocycles. The Morgan fingerprint density at radius 2 is 0.373 bits per heavy atom. The fourth-order valence-corrected chi connectivity index (χ4v) is 19.1. The summed E-state index contributed by atoms with van der Waals surface area (Å²) < 4.78 is 89.6. The highest BCUT2D eigenvalue weighted by Gasteiger charge is 2.31. The summed E-state index contributed by atoms with van der Waals surface area (Å²) >= 11 is 0. The average molecular weight is 2070 g/mol. The molecule has 2 N–H and O–H groups in total. The number of rotatable bonds is 79. The van der Waals surface area contributed by atoms with Gasteiger partial charge in [0.2, 0.25) is 0 Å². The van der Waals surface area contributed by atoms with Gasteiger partial charge < -0.3 is 81.0 Å². The lowest BCUT2D eigenvalue weighted by Crippen LogP contribution is -2.08. The van der Waals surface area contributed by atoms with Crippen molar-refractivity contribution in [3.05, 3.63) is 130 Å². The maximum atomic E-state index is 14.6. The van der Waals surface area contributed by atoms with Crippen molar-refractivity contribution in [1.82, 2.24) is 19.9 Å². The topological polar surface area (TPSA) is 349 Å². The van der Waals surface area contributed by atoms with Crippen molar-refractivity contribution in [2.75, 3.05) is 104 Å². The highest BCUT2D eigenvalue weighted by molar-refractivity contribution is 6.05. The van der Waals surface area contributed by atoms with Gasteiger partial charge in [-0.25, -0.2) is 24.4 Å². The maximum absolute atomic E-state index is 14.6. The molecule has 28 heteroatoms. The monoisotopic (exact) mass is 2070 g/mol. The molecular formula is C122H168N4O24. The summed E-state index contributed by atoms with van der Waals surface area (Å²) in [6, 6.07) is 28.6. The number of nitrogens with one attached hydrogen (secondary N) is 2. The van der Waals surface area contributed by atoms with Crippen LogP contribution in [0.4, 0.5) is 0 Å². The first-order chi connectivity index (χ1) is 73.4. The van der Waals surface area contributed by atoms with Crippen molar-refractivity contribution >= 4 is 100 Å². The molecule has 0 amide bonds. The van der Waals surface area contributed by atoms with Gasteiger partial charge in [0.15, 0.2) is 0 Å². The van der Waals surface area contributed by atoms with E-state index in [0.29, 0.717) is 190 Å². The number of aromatic nitrogens is 4. The highest BCUT2D eigenvalue weighted by Crippen LogP contribution is 2.51. The van der Waals surface area contributed by atoms with Crippen LogP contribution in [0.5, 0.6) is 34.5 Å². The van der Waals surface area contributed by atoms with E-state index < -0.39 is 17.9 Å². The number of carbonyl (C=O) groups is 9. The number of aromatic amines is 2. The van der Waals surface area contributed by atoms with Crippen molar-refractivity contribution in [1.29, 1.82) is 0 Å². The minimum Gasteiger partial charge on any atom is -0.493 e. The van der Waals surface area contributed by atoms with Gasteiger partial charge in [0, 0.05) is 82.8 Å². The van der Waals surface area contributed by atoms with E-state index >= 15 is 0 Å². The normalized spacial score (nSPS) is 11.4. The number of esters is 9. The molecule has 2 aliphatic heterocycles. The first kappa shape index (κ1) is 121. The van der Waals surface area contributed by atoms with Gasteiger partial charge in [-0.3, -0.25) is 28.8 Å². The molecule has 0 spiro atoms. The third-order valence-corrected chi connectivity index (χ3v) is 27.6. The van der Waals surface area contributed by atoms with Crippen molar-refractivity contribution < 1.29 is 114 Å². The molecule has 0 aliphatic carbocycles. The van der Waals surface area contributed by atoms with E-state index in [1.54, 1.807) is 36.4 Å². The number of carbonyl (C=O) groups excluding carboxylic acids is 9. The Labute approximate surface area is 889 Å². The zero-order valence-corrected chi connectivity index (χ0v) is 91.1. The molecule has 0 fully saturated rings. The summed E-state index contributed by atoms with van der Waals surface area (Å²) in [5.41, 5.74) is 9.69. The summed E-state index contributed by atoms with van der Waals surface area (Å²) in [4.78, 5) is 135. The predicted octanol–water partition coefficient (Wildman–Crippen LogP) is 29.1. The summed E-state index contributed by atoms with van der Waals surface area (Å²) in [5.74, 6) is -0.973. The fraction of sp³-hybridized carbons (Fsp3) is 0.566. The van der Waals surface area contributed by atoms with Crippen LogP contribution in [0.25, 0.3) is 90.9 Å². The minimum absolute atomic E-state index is 0.188. The third-order valence-electron chi connectivity index (χ3n) is 27.6. The van der Waals surface area contributed by atoms with Crippen LogP contribution in [-0.2, 0) is 71.4 Å². The molecule has 0 saturated heterocycles. The fourth-order valence-electron chi connectivity index (χ4n) is 19.1. The van der Waals surface area contributed by atoms with Crippen LogP contribution in [0.15, 0.2) is 91.0 Å². The van der Waals surface area contributed by atoms with Crippen LogP contribution in [0.1, 0.15) is 401 Å². The Morgan fingerprint density at radius 1 is 0.200 bits per heavy atom. The average Bonchev–Trinajstić information content (AvgIpc) is 1.58. The molecule has 9 rings (SSSR count). The zero-order chi connectivity index (χ0) is 107. The number of fused-ring (bicyclic) bond motifs is 8. The Morgan fingerprint density at radius 3 is 0.560 bits per heavy atom. The summed E-state index contributed by atoms with van der Waals surface area (Å²) in [6.45, 7) is 1.53. The van der Waals surface area contributed by atoms with Gasteiger partial charge >= 0.3 is 53.7 Å². The van der Waals surface area contributed by atoms with Crippen LogP contribution in [-0.4, -0.2) is 177 Å². The van der Waals surface area contributed by atoms with Gasteiger partial charge in [-0.05, 0) is 168 Å². The van der Waals surface area contributed by atoms with E-state index in [-0.39, 0.29) is 92.1 Å². The number of H-pyrrole nitrogens is 2. The molecule has 0 unspecified atom stereocenters. The number of benzene rings is 4. The van der Waals surface area contributed by atoms with E-state index in [1.807, 2.05) is 66.8 Å². The van der Waals surface area contributed by atoms with Gasteiger partial charge in [0.1, 0.15) is 34.5 Å². The molecule has 820 valence electrons. The van der Waals surface area contributed by atoms with E-state index in [4.69, 9.17) is 81.0 Å². The predicted molar refractivity (Wildman–Crippen MR) is 589 cm³/mol. The van der Waals surface area contributed by atoms with E-state index in [2.05, 4.69) is 22.1 Å². The first-order valence-corrected chi connectivity index (χ1v) is 55.6. The second kappa shape index (κ2) is 71.3. The van der Waals surface area contributed by atoms with Crippen molar-refractivity contribution in [2.45, 2.75) is 347 Å². The molecule has 2 aliphatic rings. The second-order valence-corrected chi connectivity index (χ2v) is 38.9. The molecule has 28 nitrogen and oxygen atoms in total. The lowest BCUT2D eigenvalue weighted by Gasteiger charge is -2.20. The van der Waals surface area contributed by atoms with Crippen molar-refractivity contribution in [2.24, 2.45) is 0 Å². The number of methoxy groups -OCH3 is 9. The quantitative estimate of drug-likeness (QED) is 0.0203. The van der Waals surface area contributed by atoms with Crippen molar-refractivity contribution in [3.63, 3.8) is 0 Å².